The highest BCUT2D eigenvalue weighted by molar-refractivity contribution is 7.90. The van der Waals surface area contributed by atoms with Crippen LogP contribution in [0.3, 0.4) is 0 Å². The molecule has 0 aromatic heterocycles. The lowest BCUT2D eigenvalue weighted by atomic mass is 9.97. The van der Waals surface area contributed by atoms with E-state index in [9.17, 15) is 26.4 Å². The van der Waals surface area contributed by atoms with Gasteiger partial charge in [-0.15, -0.1) is 13.2 Å². The minimum atomic E-state index is -4.80. The Morgan fingerprint density at radius 3 is 2.41 bits per heavy atom. The van der Waals surface area contributed by atoms with Gasteiger partial charge >= 0.3 is 6.36 Å². The number of rotatable bonds is 6. The number of benzene rings is 3. The van der Waals surface area contributed by atoms with Gasteiger partial charge in [0, 0.05) is 17.9 Å². The molecule has 1 aliphatic heterocycles. The van der Waals surface area contributed by atoms with Gasteiger partial charge in [0.15, 0.2) is 0 Å². The fourth-order valence-electron chi connectivity index (χ4n) is 3.77. The Morgan fingerprint density at radius 2 is 1.71 bits per heavy atom. The second-order valence-electron chi connectivity index (χ2n) is 7.81. The van der Waals surface area contributed by atoms with E-state index >= 15 is 0 Å². The molecule has 0 spiro atoms. The maximum absolute atomic E-state index is 12.7. The van der Waals surface area contributed by atoms with Gasteiger partial charge in [0.25, 0.3) is 0 Å². The summed E-state index contributed by atoms with van der Waals surface area (Å²) in [5.41, 5.74) is 2.30. The van der Waals surface area contributed by atoms with Crippen LogP contribution in [0.25, 0.3) is 11.1 Å². The summed E-state index contributed by atoms with van der Waals surface area (Å²) < 4.78 is 73.7. The molecule has 0 radical (unpaired) electrons. The smallest absolute Gasteiger partial charge is 0.489 e. The molecular weight excluding hydrogens is 471 g/mol. The first-order chi connectivity index (χ1) is 16.1. The van der Waals surface area contributed by atoms with Gasteiger partial charge in [-0.3, -0.25) is 9.52 Å². The van der Waals surface area contributed by atoms with E-state index in [0.29, 0.717) is 22.4 Å². The average Bonchev–Trinajstić information content (AvgIpc) is 2.76. The van der Waals surface area contributed by atoms with E-state index in [1.165, 1.54) is 12.1 Å². The number of para-hydroxylation sites is 1. The Hall–Kier alpha value is -3.53. The number of hydrogen-bond donors (Lipinski definition) is 1. The van der Waals surface area contributed by atoms with E-state index in [1.807, 2.05) is 4.72 Å². The first-order valence-electron chi connectivity index (χ1n) is 10.3. The van der Waals surface area contributed by atoms with Crippen molar-refractivity contribution in [2.45, 2.75) is 25.3 Å². The Labute approximate surface area is 194 Å². The van der Waals surface area contributed by atoms with Crippen LogP contribution in [0, 0.1) is 0 Å². The van der Waals surface area contributed by atoms with Gasteiger partial charge in [-0.1, -0.05) is 48.5 Å². The minimum Gasteiger partial charge on any atom is -0.489 e. The van der Waals surface area contributed by atoms with E-state index in [4.69, 9.17) is 4.74 Å². The van der Waals surface area contributed by atoms with E-state index < -0.39 is 28.2 Å². The Morgan fingerprint density at radius 1 is 0.971 bits per heavy atom. The van der Waals surface area contributed by atoms with Crippen molar-refractivity contribution in [1.82, 2.24) is 4.72 Å². The number of nitrogens with one attached hydrogen (secondary N) is 1. The van der Waals surface area contributed by atoms with Crippen LogP contribution in [0.15, 0.2) is 72.8 Å². The van der Waals surface area contributed by atoms with Crippen LogP contribution in [0.4, 0.5) is 13.2 Å². The van der Waals surface area contributed by atoms with Crippen molar-refractivity contribution >= 4 is 15.9 Å². The summed E-state index contributed by atoms with van der Waals surface area (Å²) in [5.74, 6) is -0.882. The molecule has 1 unspecified atom stereocenters. The van der Waals surface area contributed by atoms with Gasteiger partial charge in [0.1, 0.15) is 18.1 Å². The van der Waals surface area contributed by atoms with Crippen LogP contribution in [0.2, 0.25) is 0 Å². The second-order valence-corrected chi connectivity index (χ2v) is 9.58. The molecule has 178 valence electrons. The lowest BCUT2D eigenvalue weighted by Crippen LogP contribution is -2.40. The van der Waals surface area contributed by atoms with Crippen molar-refractivity contribution in [3.8, 4) is 22.6 Å². The third-order valence-corrected chi connectivity index (χ3v) is 6.61. The molecule has 34 heavy (non-hydrogen) atoms. The number of halogens is 3. The highest BCUT2D eigenvalue weighted by Gasteiger charge is 2.32. The van der Waals surface area contributed by atoms with E-state index in [1.54, 1.807) is 60.7 Å². The zero-order valence-electron chi connectivity index (χ0n) is 17.7. The molecule has 4 rings (SSSR count). The van der Waals surface area contributed by atoms with Gasteiger partial charge in [-0.2, -0.15) is 0 Å². The number of hydrogen-bond acceptors (Lipinski definition) is 5. The number of carbonyl (C=O) groups is 1. The molecular formula is C24H20F3NO5S. The van der Waals surface area contributed by atoms with E-state index in [-0.39, 0.29) is 24.5 Å². The number of ether oxygens (including phenoxy) is 2. The average molecular weight is 491 g/mol. The van der Waals surface area contributed by atoms with E-state index in [2.05, 4.69) is 4.74 Å². The summed E-state index contributed by atoms with van der Waals surface area (Å²) in [6, 6.07) is 19.6. The topological polar surface area (TPSA) is 81.7 Å². The predicted molar refractivity (Wildman–Crippen MR) is 119 cm³/mol. The largest absolute Gasteiger partial charge is 0.573 e. The molecule has 6 nitrogen and oxygen atoms in total. The summed E-state index contributed by atoms with van der Waals surface area (Å²) in [5, 5.41) is 0. The highest BCUT2D eigenvalue weighted by atomic mass is 32.2. The summed E-state index contributed by atoms with van der Waals surface area (Å²) in [6.07, 6.45) is -4.71. The Bertz CT molecular complexity index is 1290. The first-order valence-corrected chi connectivity index (χ1v) is 11.9. The van der Waals surface area contributed by atoms with E-state index in [0.717, 1.165) is 5.56 Å². The zero-order chi connectivity index (χ0) is 24.3. The van der Waals surface area contributed by atoms with Crippen LogP contribution < -0.4 is 14.2 Å². The maximum atomic E-state index is 12.7. The van der Waals surface area contributed by atoms with Gasteiger partial charge in [-0.25, -0.2) is 8.42 Å². The summed E-state index contributed by atoms with van der Waals surface area (Å²) in [4.78, 5) is 11.6. The predicted octanol–water partition coefficient (Wildman–Crippen LogP) is 4.76. The van der Waals surface area contributed by atoms with Crippen LogP contribution in [-0.2, 0) is 21.4 Å². The maximum Gasteiger partial charge on any atom is 0.573 e. The molecule has 1 saturated heterocycles. The monoisotopic (exact) mass is 491 g/mol. The van der Waals surface area contributed by atoms with Crippen molar-refractivity contribution in [1.29, 1.82) is 0 Å². The Kier molecular flexibility index (Phi) is 6.52. The quantitative estimate of drug-likeness (QED) is 0.538. The van der Waals surface area contributed by atoms with Crippen LogP contribution >= 0.6 is 0 Å². The molecule has 1 aliphatic rings. The van der Waals surface area contributed by atoms with Gasteiger partial charge < -0.3 is 9.47 Å². The molecule has 1 amide bonds. The van der Waals surface area contributed by atoms with Crippen LogP contribution in [0.1, 0.15) is 23.5 Å². The fourth-order valence-corrected chi connectivity index (χ4v) is 5.12. The number of alkyl halides is 3. The molecule has 0 bridgehead atoms. The standard InChI is InChI=1S/C24H20F3NO5S/c25-24(26,27)33-22-7-2-1-6-21(22)18-5-3-4-16(12-18)14-32-20-10-8-17(9-11-20)19-13-23(29)28-34(30,31)15-19/h1-12,19H,13-15H2,(H,28,29). The van der Waals surface area contributed by atoms with Crippen molar-refractivity contribution < 1.29 is 35.9 Å². The molecule has 3 aromatic rings. The van der Waals surface area contributed by atoms with Crippen molar-refractivity contribution in [2.75, 3.05) is 5.75 Å². The lowest BCUT2D eigenvalue weighted by Gasteiger charge is -2.22. The third kappa shape index (κ3) is 6.07. The SMILES string of the molecule is O=C1CC(c2ccc(OCc3cccc(-c4ccccc4OC(F)(F)F)c3)cc2)CS(=O)(=O)N1. The third-order valence-electron chi connectivity index (χ3n) is 5.23. The van der Waals surface area contributed by atoms with Crippen molar-refractivity contribution in [3.63, 3.8) is 0 Å². The first kappa shape index (κ1) is 23.6. The highest BCUT2D eigenvalue weighted by Crippen LogP contribution is 2.34. The molecule has 0 saturated carbocycles. The summed E-state index contributed by atoms with van der Waals surface area (Å²) >= 11 is 0. The van der Waals surface area contributed by atoms with Crippen LogP contribution in [-0.4, -0.2) is 26.4 Å². The van der Waals surface area contributed by atoms with Gasteiger partial charge in [-0.05, 0) is 41.0 Å². The molecule has 10 heteroatoms. The van der Waals surface area contributed by atoms with Gasteiger partial charge in [0.05, 0.1) is 5.75 Å². The molecule has 1 N–H and O–H groups in total. The minimum absolute atomic E-state index is 0.0890. The molecule has 3 aromatic carbocycles. The number of carbonyl (C=O) groups excluding carboxylic acids is 1. The zero-order valence-corrected chi connectivity index (χ0v) is 18.5. The molecule has 1 fully saturated rings. The molecule has 1 atom stereocenters. The summed E-state index contributed by atoms with van der Waals surface area (Å²) in [7, 11) is -3.63. The van der Waals surface area contributed by atoms with Crippen molar-refractivity contribution in [3.05, 3.63) is 83.9 Å². The molecule has 0 aliphatic carbocycles. The normalized spacial score (nSPS) is 17.6. The van der Waals surface area contributed by atoms with Crippen molar-refractivity contribution in [2.24, 2.45) is 0 Å². The number of amides is 1. The van der Waals surface area contributed by atoms with Gasteiger partial charge in [0.2, 0.25) is 15.9 Å². The number of sulfonamides is 1. The second kappa shape index (κ2) is 9.38. The molecule has 1 heterocycles. The Balaban J connectivity index is 1.45. The summed E-state index contributed by atoms with van der Waals surface area (Å²) in [6.45, 7) is 0.162. The fraction of sp³-hybridized carbons (Fsp3) is 0.208. The lowest BCUT2D eigenvalue weighted by molar-refractivity contribution is -0.274. The van der Waals surface area contributed by atoms with Crippen LogP contribution in [0.5, 0.6) is 11.5 Å².